The third kappa shape index (κ3) is 4.90. The number of carboxylic acid groups (broad SMARTS) is 1. The Balaban J connectivity index is 2.08. The van der Waals surface area contributed by atoms with Gasteiger partial charge in [-0.3, -0.25) is 9.59 Å². The summed E-state index contributed by atoms with van der Waals surface area (Å²) in [6, 6.07) is 16.3. The van der Waals surface area contributed by atoms with Crippen molar-refractivity contribution < 1.29 is 14.7 Å². The normalized spacial score (nSPS) is 10.2. The molecule has 0 bridgehead atoms. The lowest BCUT2D eigenvalue weighted by Gasteiger charge is -2.21. The van der Waals surface area contributed by atoms with Gasteiger partial charge in [-0.25, -0.2) is 0 Å². The van der Waals surface area contributed by atoms with Crippen LogP contribution in [-0.2, 0) is 22.6 Å². The van der Waals surface area contributed by atoms with E-state index in [1.54, 1.807) is 24.3 Å². The van der Waals surface area contributed by atoms with Crippen molar-refractivity contribution in [3.63, 3.8) is 0 Å². The molecule has 0 fully saturated rings. The SMILES string of the molecule is O=C(O)CN(Cc1ccccc1)C(=O)Cc1ccc(Cl)cc1. The highest BCUT2D eigenvalue weighted by atomic mass is 35.5. The van der Waals surface area contributed by atoms with Gasteiger partial charge in [-0.15, -0.1) is 0 Å². The van der Waals surface area contributed by atoms with Crippen LogP contribution >= 0.6 is 11.6 Å². The van der Waals surface area contributed by atoms with Crippen LogP contribution in [0.2, 0.25) is 5.02 Å². The van der Waals surface area contributed by atoms with Gasteiger partial charge in [-0.1, -0.05) is 54.1 Å². The maximum absolute atomic E-state index is 12.4. The standard InChI is InChI=1S/C17H16ClNO3/c18-15-8-6-13(7-9-15)10-16(20)19(12-17(21)22)11-14-4-2-1-3-5-14/h1-9H,10-12H2,(H,21,22). The second kappa shape index (κ2) is 7.61. The van der Waals surface area contributed by atoms with Crippen LogP contribution in [0.15, 0.2) is 54.6 Å². The highest BCUT2D eigenvalue weighted by molar-refractivity contribution is 6.30. The second-order valence-corrected chi connectivity index (χ2v) is 5.37. The van der Waals surface area contributed by atoms with Gasteiger partial charge in [0, 0.05) is 11.6 Å². The first-order valence-electron chi connectivity index (χ1n) is 6.82. The van der Waals surface area contributed by atoms with E-state index in [1.165, 1.54) is 4.90 Å². The molecule has 0 aliphatic heterocycles. The topological polar surface area (TPSA) is 57.6 Å². The minimum atomic E-state index is -1.03. The van der Waals surface area contributed by atoms with Gasteiger partial charge < -0.3 is 10.0 Å². The number of aliphatic carboxylic acids is 1. The number of hydrogen-bond acceptors (Lipinski definition) is 2. The van der Waals surface area contributed by atoms with E-state index >= 15 is 0 Å². The molecule has 0 aromatic heterocycles. The van der Waals surface area contributed by atoms with Gasteiger partial charge in [0.05, 0.1) is 6.42 Å². The molecule has 0 aliphatic carbocycles. The number of amides is 1. The number of nitrogens with zero attached hydrogens (tertiary/aromatic N) is 1. The van der Waals surface area contributed by atoms with Crippen molar-refractivity contribution in [1.82, 2.24) is 4.90 Å². The average Bonchev–Trinajstić information content (AvgIpc) is 2.49. The van der Waals surface area contributed by atoms with Gasteiger partial charge in [0.2, 0.25) is 5.91 Å². The van der Waals surface area contributed by atoms with Crippen LogP contribution in [0.4, 0.5) is 0 Å². The molecular formula is C17H16ClNO3. The van der Waals surface area contributed by atoms with Crippen LogP contribution in [0.3, 0.4) is 0 Å². The van der Waals surface area contributed by atoms with E-state index in [9.17, 15) is 9.59 Å². The quantitative estimate of drug-likeness (QED) is 0.891. The van der Waals surface area contributed by atoms with Gasteiger partial charge in [-0.2, -0.15) is 0 Å². The minimum Gasteiger partial charge on any atom is -0.480 e. The first kappa shape index (κ1) is 16.0. The summed E-state index contributed by atoms with van der Waals surface area (Å²) in [6.45, 7) is -0.0408. The molecule has 114 valence electrons. The maximum atomic E-state index is 12.4. The summed E-state index contributed by atoms with van der Waals surface area (Å²) in [5.41, 5.74) is 1.70. The molecular weight excluding hydrogens is 302 g/mol. The first-order valence-corrected chi connectivity index (χ1v) is 7.20. The zero-order chi connectivity index (χ0) is 15.9. The fourth-order valence-electron chi connectivity index (χ4n) is 2.09. The summed E-state index contributed by atoms with van der Waals surface area (Å²) in [5, 5.41) is 9.60. The zero-order valence-corrected chi connectivity index (χ0v) is 12.7. The molecule has 2 rings (SSSR count). The predicted octanol–water partition coefficient (Wildman–Crippen LogP) is 3.00. The summed E-state index contributed by atoms with van der Waals surface area (Å²) in [7, 11) is 0. The predicted molar refractivity (Wildman–Crippen MR) is 84.7 cm³/mol. The Labute approximate surface area is 133 Å². The van der Waals surface area contributed by atoms with Gasteiger partial charge in [-0.05, 0) is 23.3 Å². The minimum absolute atomic E-state index is 0.150. The molecule has 5 heteroatoms. The van der Waals surface area contributed by atoms with Crippen molar-refractivity contribution >= 4 is 23.5 Å². The molecule has 0 spiro atoms. The molecule has 2 aromatic carbocycles. The Kier molecular flexibility index (Phi) is 5.55. The molecule has 0 saturated carbocycles. The number of carboxylic acids is 1. The summed E-state index contributed by atoms with van der Waals surface area (Å²) in [5.74, 6) is -1.26. The number of halogens is 1. The van der Waals surface area contributed by atoms with E-state index in [0.29, 0.717) is 5.02 Å². The highest BCUT2D eigenvalue weighted by Gasteiger charge is 2.17. The molecule has 1 N–H and O–H groups in total. The van der Waals surface area contributed by atoms with E-state index in [4.69, 9.17) is 16.7 Å². The van der Waals surface area contributed by atoms with Gasteiger partial charge in [0.1, 0.15) is 6.54 Å². The van der Waals surface area contributed by atoms with E-state index < -0.39 is 5.97 Å². The van der Waals surface area contributed by atoms with E-state index in [2.05, 4.69) is 0 Å². The van der Waals surface area contributed by atoms with Crippen molar-refractivity contribution in [3.8, 4) is 0 Å². The van der Waals surface area contributed by atoms with Crippen molar-refractivity contribution in [2.24, 2.45) is 0 Å². The van der Waals surface area contributed by atoms with Gasteiger partial charge in [0.15, 0.2) is 0 Å². The molecule has 0 unspecified atom stereocenters. The van der Waals surface area contributed by atoms with Crippen LogP contribution in [0.1, 0.15) is 11.1 Å². The fraction of sp³-hybridized carbons (Fsp3) is 0.176. The first-order chi connectivity index (χ1) is 10.5. The van der Waals surface area contributed by atoms with Crippen molar-refractivity contribution in [2.75, 3.05) is 6.54 Å². The summed E-state index contributed by atoms with van der Waals surface area (Å²) in [6.07, 6.45) is 0.150. The third-order valence-corrected chi connectivity index (χ3v) is 3.42. The summed E-state index contributed by atoms with van der Waals surface area (Å²) in [4.78, 5) is 24.7. The lowest BCUT2D eigenvalue weighted by Crippen LogP contribution is -2.36. The largest absolute Gasteiger partial charge is 0.480 e. The van der Waals surface area contributed by atoms with E-state index in [-0.39, 0.29) is 25.4 Å². The number of carbonyl (C=O) groups is 2. The van der Waals surface area contributed by atoms with Crippen LogP contribution in [0.5, 0.6) is 0 Å². The molecule has 0 saturated heterocycles. The second-order valence-electron chi connectivity index (χ2n) is 4.93. The molecule has 0 heterocycles. The zero-order valence-electron chi connectivity index (χ0n) is 11.9. The Morgan fingerprint density at radius 3 is 2.18 bits per heavy atom. The Morgan fingerprint density at radius 1 is 0.955 bits per heavy atom. The molecule has 1 amide bonds. The Hall–Kier alpha value is -2.33. The number of hydrogen-bond donors (Lipinski definition) is 1. The number of carbonyl (C=O) groups excluding carboxylic acids is 1. The average molecular weight is 318 g/mol. The van der Waals surface area contributed by atoms with Crippen LogP contribution in [0.25, 0.3) is 0 Å². The smallest absolute Gasteiger partial charge is 0.323 e. The van der Waals surface area contributed by atoms with E-state index in [0.717, 1.165) is 11.1 Å². The molecule has 0 atom stereocenters. The third-order valence-electron chi connectivity index (χ3n) is 3.16. The molecule has 0 radical (unpaired) electrons. The lowest BCUT2D eigenvalue weighted by molar-refractivity contribution is -0.144. The van der Waals surface area contributed by atoms with Gasteiger partial charge >= 0.3 is 5.97 Å². The van der Waals surface area contributed by atoms with Crippen LogP contribution in [-0.4, -0.2) is 28.4 Å². The monoisotopic (exact) mass is 317 g/mol. The van der Waals surface area contributed by atoms with Crippen molar-refractivity contribution in [1.29, 1.82) is 0 Å². The molecule has 4 nitrogen and oxygen atoms in total. The highest BCUT2D eigenvalue weighted by Crippen LogP contribution is 2.12. The van der Waals surface area contributed by atoms with Crippen molar-refractivity contribution in [3.05, 3.63) is 70.7 Å². The van der Waals surface area contributed by atoms with Crippen molar-refractivity contribution in [2.45, 2.75) is 13.0 Å². The Morgan fingerprint density at radius 2 is 1.59 bits per heavy atom. The van der Waals surface area contributed by atoms with Crippen LogP contribution < -0.4 is 0 Å². The molecule has 22 heavy (non-hydrogen) atoms. The summed E-state index contributed by atoms with van der Waals surface area (Å²) < 4.78 is 0. The molecule has 2 aromatic rings. The summed E-state index contributed by atoms with van der Waals surface area (Å²) >= 11 is 5.81. The van der Waals surface area contributed by atoms with E-state index in [1.807, 2.05) is 30.3 Å². The number of rotatable bonds is 6. The molecule has 0 aliphatic rings. The van der Waals surface area contributed by atoms with Crippen LogP contribution in [0, 0.1) is 0 Å². The lowest BCUT2D eigenvalue weighted by atomic mass is 10.1. The maximum Gasteiger partial charge on any atom is 0.323 e. The fourth-order valence-corrected chi connectivity index (χ4v) is 2.21. The number of benzene rings is 2. The Bertz CT molecular complexity index is 641. The van der Waals surface area contributed by atoms with Gasteiger partial charge in [0.25, 0.3) is 0 Å².